The summed E-state index contributed by atoms with van der Waals surface area (Å²) in [6.07, 6.45) is -10.4. The quantitative estimate of drug-likeness (QED) is 0.749. The van der Waals surface area contributed by atoms with E-state index in [0.29, 0.717) is 17.7 Å². The highest BCUT2D eigenvalue weighted by Gasteiger charge is 2.37. The van der Waals surface area contributed by atoms with Crippen LogP contribution in [0.4, 0.5) is 32.0 Å². The molecule has 4 nitrogen and oxygen atoms in total. The summed E-state index contributed by atoms with van der Waals surface area (Å²) in [4.78, 5) is 22.7. The summed E-state index contributed by atoms with van der Waals surface area (Å²) in [5.41, 5.74) is -3.52. The molecular formula is C17H11F6NO3. The molecule has 0 bridgehead atoms. The lowest BCUT2D eigenvalue weighted by molar-refractivity contribution is -0.143. The zero-order valence-corrected chi connectivity index (χ0v) is 13.3. The maximum absolute atomic E-state index is 12.8. The van der Waals surface area contributed by atoms with E-state index in [-0.39, 0.29) is 18.2 Å². The SMILES string of the molecule is O=C(O)Cc1ccc(NC(=O)c2cc(C(F)(F)F)cc(C(F)(F)F)c2)cc1. The minimum absolute atomic E-state index is 0.0719. The van der Waals surface area contributed by atoms with Gasteiger partial charge < -0.3 is 10.4 Å². The Bertz CT molecular complexity index is 824. The third kappa shape index (κ3) is 5.47. The van der Waals surface area contributed by atoms with Crippen LogP contribution in [-0.4, -0.2) is 17.0 Å². The first-order valence-corrected chi connectivity index (χ1v) is 7.28. The van der Waals surface area contributed by atoms with Crippen LogP contribution in [0.15, 0.2) is 42.5 Å². The van der Waals surface area contributed by atoms with E-state index in [9.17, 15) is 35.9 Å². The van der Waals surface area contributed by atoms with Crippen molar-refractivity contribution < 1.29 is 41.0 Å². The largest absolute Gasteiger partial charge is 0.481 e. The summed E-state index contributed by atoms with van der Waals surface area (Å²) >= 11 is 0. The first-order valence-electron chi connectivity index (χ1n) is 7.28. The van der Waals surface area contributed by atoms with Crippen LogP contribution in [0.2, 0.25) is 0 Å². The van der Waals surface area contributed by atoms with Crippen LogP contribution >= 0.6 is 0 Å². The number of carbonyl (C=O) groups excluding carboxylic acids is 1. The zero-order valence-electron chi connectivity index (χ0n) is 13.3. The number of carboxylic acids is 1. The molecular weight excluding hydrogens is 380 g/mol. The van der Waals surface area contributed by atoms with Crippen molar-refractivity contribution in [3.05, 3.63) is 64.7 Å². The maximum atomic E-state index is 12.8. The molecule has 27 heavy (non-hydrogen) atoms. The predicted octanol–water partition coefficient (Wildman–Crippen LogP) is 4.60. The fourth-order valence-electron chi connectivity index (χ4n) is 2.17. The van der Waals surface area contributed by atoms with Gasteiger partial charge >= 0.3 is 18.3 Å². The Kier molecular flexibility index (Phi) is 5.48. The number of rotatable bonds is 4. The second kappa shape index (κ2) is 7.29. The Hall–Kier alpha value is -3.04. The lowest BCUT2D eigenvalue weighted by Gasteiger charge is -2.14. The average molecular weight is 391 g/mol. The second-order valence-electron chi connectivity index (χ2n) is 5.52. The third-order valence-corrected chi connectivity index (χ3v) is 3.42. The van der Waals surface area contributed by atoms with Gasteiger partial charge in [0.05, 0.1) is 17.5 Å². The van der Waals surface area contributed by atoms with Crippen molar-refractivity contribution in [2.45, 2.75) is 18.8 Å². The third-order valence-electron chi connectivity index (χ3n) is 3.42. The standard InChI is InChI=1S/C17H11F6NO3/c18-16(19,20)11-6-10(7-12(8-11)17(21,22)23)15(27)24-13-3-1-9(2-4-13)5-14(25)26/h1-4,6-8H,5H2,(H,24,27)(H,25,26). The second-order valence-corrected chi connectivity index (χ2v) is 5.52. The van der Waals surface area contributed by atoms with E-state index in [1.165, 1.54) is 24.3 Å². The van der Waals surface area contributed by atoms with Gasteiger partial charge in [-0.15, -0.1) is 0 Å². The maximum Gasteiger partial charge on any atom is 0.416 e. The molecule has 2 aromatic rings. The highest BCUT2D eigenvalue weighted by Crippen LogP contribution is 2.36. The molecule has 2 rings (SSSR count). The van der Waals surface area contributed by atoms with Gasteiger partial charge in [0.1, 0.15) is 0 Å². The fraction of sp³-hybridized carbons (Fsp3) is 0.176. The number of halogens is 6. The molecule has 0 saturated heterocycles. The van der Waals surface area contributed by atoms with E-state index in [2.05, 4.69) is 5.32 Å². The lowest BCUT2D eigenvalue weighted by atomic mass is 10.0. The first-order chi connectivity index (χ1) is 12.4. The van der Waals surface area contributed by atoms with Crippen molar-refractivity contribution >= 4 is 17.6 Å². The summed E-state index contributed by atoms with van der Waals surface area (Å²) in [5.74, 6) is -2.26. The van der Waals surface area contributed by atoms with Gasteiger partial charge in [0, 0.05) is 11.3 Å². The monoisotopic (exact) mass is 391 g/mol. The first kappa shape index (κ1) is 20.3. The van der Waals surface area contributed by atoms with Crippen molar-refractivity contribution in [3.8, 4) is 0 Å². The number of benzene rings is 2. The molecule has 0 aliphatic carbocycles. The Balaban J connectivity index is 2.31. The minimum Gasteiger partial charge on any atom is -0.481 e. The van der Waals surface area contributed by atoms with Crippen molar-refractivity contribution in [1.29, 1.82) is 0 Å². The molecule has 0 fully saturated rings. The van der Waals surface area contributed by atoms with Crippen molar-refractivity contribution in [2.75, 3.05) is 5.32 Å². The summed E-state index contributed by atoms with van der Waals surface area (Å²) in [5, 5.41) is 10.8. The van der Waals surface area contributed by atoms with Gasteiger partial charge in [-0.2, -0.15) is 26.3 Å². The molecule has 2 N–H and O–H groups in total. The number of aliphatic carboxylic acids is 1. The normalized spacial score (nSPS) is 11.9. The fourth-order valence-corrected chi connectivity index (χ4v) is 2.17. The topological polar surface area (TPSA) is 66.4 Å². The summed E-state index contributed by atoms with van der Waals surface area (Å²) in [6, 6.07) is 5.86. The molecule has 0 heterocycles. The minimum atomic E-state index is -5.06. The number of hydrogen-bond donors (Lipinski definition) is 2. The highest BCUT2D eigenvalue weighted by molar-refractivity contribution is 6.04. The molecule has 0 radical (unpaired) electrons. The number of alkyl halides is 6. The Labute approximate surface area is 148 Å². The van der Waals surface area contributed by atoms with Crippen LogP contribution in [0, 0.1) is 0 Å². The highest BCUT2D eigenvalue weighted by atomic mass is 19.4. The Morgan fingerprint density at radius 3 is 1.74 bits per heavy atom. The molecule has 0 unspecified atom stereocenters. The predicted molar refractivity (Wildman–Crippen MR) is 82.2 cm³/mol. The molecule has 1 amide bonds. The molecule has 0 spiro atoms. The number of anilines is 1. The van der Waals surface area contributed by atoms with Gasteiger partial charge in [0.15, 0.2) is 0 Å². The van der Waals surface area contributed by atoms with Gasteiger partial charge in [0.2, 0.25) is 0 Å². The van der Waals surface area contributed by atoms with Crippen molar-refractivity contribution in [1.82, 2.24) is 0 Å². The lowest BCUT2D eigenvalue weighted by Crippen LogP contribution is -2.17. The number of carboxylic acid groups (broad SMARTS) is 1. The van der Waals surface area contributed by atoms with E-state index < -0.39 is 40.9 Å². The number of hydrogen-bond acceptors (Lipinski definition) is 2. The van der Waals surface area contributed by atoms with E-state index in [4.69, 9.17) is 5.11 Å². The zero-order chi connectivity index (χ0) is 20.4. The number of amides is 1. The molecule has 0 aromatic heterocycles. The van der Waals surface area contributed by atoms with Crippen LogP contribution < -0.4 is 5.32 Å². The van der Waals surface area contributed by atoms with Crippen molar-refractivity contribution in [3.63, 3.8) is 0 Å². The smallest absolute Gasteiger partial charge is 0.416 e. The van der Waals surface area contributed by atoms with E-state index in [1.54, 1.807) is 0 Å². The number of carbonyl (C=O) groups is 2. The Morgan fingerprint density at radius 1 is 0.852 bits per heavy atom. The van der Waals surface area contributed by atoms with Crippen LogP contribution in [0.25, 0.3) is 0 Å². The molecule has 2 aromatic carbocycles. The van der Waals surface area contributed by atoms with Gasteiger partial charge in [0.25, 0.3) is 5.91 Å². The van der Waals surface area contributed by atoms with Crippen molar-refractivity contribution in [2.24, 2.45) is 0 Å². The van der Waals surface area contributed by atoms with E-state index in [0.717, 1.165) is 0 Å². The van der Waals surface area contributed by atoms with Crippen LogP contribution in [0.3, 0.4) is 0 Å². The van der Waals surface area contributed by atoms with Crippen LogP contribution in [0.5, 0.6) is 0 Å². The van der Waals surface area contributed by atoms with Gasteiger partial charge in [-0.05, 0) is 35.9 Å². The van der Waals surface area contributed by atoms with E-state index in [1.807, 2.05) is 0 Å². The Morgan fingerprint density at radius 2 is 1.33 bits per heavy atom. The summed E-state index contributed by atoms with van der Waals surface area (Å²) in [7, 11) is 0. The van der Waals surface area contributed by atoms with Crippen LogP contribution in [0.1, 0.15) is 27.0 Å². The van der Waals surface area contributed by atoms with Gasteiger partial charge in [-0.3, -0.25) is 9.59 Å². The molecule has 0 aliphatic heterocycles. The summed E-state index contributed by atoms with van der Waals surface area (Å²) in [6.45, 7) is 0. The average Bonchev–Trinajstić information content (AvgIpc) is 2.54. The molecule has 0 saturated carbocycles. The molecule has 0 atom stereocenters. The van der Waals surface area contributed by atoms with E-state index >= 15 is 0 Å². The van der Waals surface area contributed by atoms with Crippen LogP contribution in [-0.2, 0) is 23.6 Å². The summed E-state index contributed by atoms with van der Waals surface area (Å²) < 4.78 is 77.0. The molecule has 0 aliphatic rings. The van der Waals surface area contributed by atoms with Gasteiger partial charge in [-0.25, -0.2) is 0 Å². The number of nitrogens with one attached hydrogen (secondary N) is 1. The van der Waals surface area contributed by atoms with Gasteiger partial charge in [-0.1, -0.05) is 12.1 Å². The molecule has 144 valence electrons. The molecule has 10 heteroatoms.